The number of esters is 1. The minimum absolute atomic E-state index is 0.380. The fourth-order valence-electron chi connectivity index (χ4n) is 1.87. The quantitative estimate of drug-likeness (QED) is 0.707. The summed E-state index contributed by atoms with van der Waals surface area (Å²) in [5.41, 5.74) is 2.58. The number of fused-ring (bicyclic) bond motifs is 1. The van der Waals surface area contributed by atoms with E-state index in [0.717, 1.165) is 25.7 Å². The van der Waals surface area contributed by atoms with Crippen LogP contribution in [0.15, 0.2) is 15.9 Å². The molecular weight excluding hydrogens is 357 g/mol. The minimum atomic E-state index is -4.96. The van der Waals surface area contributed by atoms with Crippen molar-refractivity contribution in [3.63, 3.8) is 0 Å². The lowest BCUT2D eigenvalue weighted by atomic mass is 10.0. The molecule has 0 bridgehead atoms. The van der Waals surface area contributed by atoms with Crippen molar-refractivity contribution < 1.29 is 22.7 Å². The molecule has 0 atom stereocenters. The highest BCUT2D eigenvalue weighted by atomic mass is 79.9. The van der Waals surface area contributed by atoms with Crippen LogP contribution < -0.4 is 0 Å². The maximum Gasteiger partial charge on any atom is 0.490 e. The van der Waals surface area contributed by atoms with Crippen LogP contribution in [0, 0.1) is 13.8 Å². The number of halogens is 4. The maximum atomic E-state index is 12.1. The molecular formula is C13H10BrF3O2S. The fraction of sp³-hybridized carbons (Fsp3) is 0.308. The van der Waals surface area contributed by atoms with Crippen LogP contribution in [-0.2, 0) is 16.1 Å². The van der Waals surface area contributed by atoms with Crippen molar-refractivity contribution in [1.82, 2.24) is 0 Å². The van der Waals surface area contributed by atoms with Crippen LogP contribution in [0.1, 0.15) is 16.7 Å². The molecule has 7 heteroatoms. The third kappa shape index (κ3) is 2.83. The third-order valence-corrected chi connectivity index (χ3v) is 4.93. The van der Waals surface area contributed by atoms with Crippen LogP contribution in [0.5, 0.6) is 0 Å². The first-order valence-electron chi connectivity index (χ1n) is 5.61. The van der Waals surface area contributed by atoms with Crippen molar-refractivity contribution in [2.45, 2.75) is 26.6 Å². The number of carbonyl (C=O) groups excluding carboxylic acids is 1. The predicted octanol–water partition coefficient (Wildman–Crippen LogP) is 4.89. The topological polar surface area (TPSA) is 26.3 Å². The lowest BCUT2D eigenvalue weighted by molar-refractivity contribution is -0.201. The summed E-state index contributed by atoms with van der Waals surface area (Å²) in [5, 5.41) is 2.56. The molecule has 0 radical (unpaired) electrons. The second-order valence-corrected chi connectivity index (χ2v) is 6.07. The summed E-state index contributed by atoms with van der Waals surface area (Å²) >= 11 is 4.83. The molecule has 0 saturated carbocycles. The van der Waals surface area contributed by atoms with Crippen LogP contribution in [-0.4, -0.2) is 12.1 Å². The highest BCUT2D eigenvalue weighted by Gasteiger charge is 2.41. The van der Waals surface area contributed by atoms with E-state index in [9.17, 15) is 18.0 Å². The van der Waals surface area contributed by atoms with Crippen molar-refractivity contribution in [2.24, 2.45) is 0 Å². The molecule has 20 heavy (non-hydrogen) atoms. The standard InChI is InChI=1S/C13H10BrF3O2S/c1-6-3-9(14)11-10(7(6)2)8(5-20-11)4-19-12(18)13(15,16)17/h3,5H,4H2,1-2H3. The Morgan fingerprint density at radius 1 is 1.40 bits per heavy atom. The van der Waals surface area contributed by atoms with E-state index in [4.69, 9.17) is 0 Å². The second kappa shape index (κ2) is 5.37. The average Bonchev–Trinajstić information content (AvgIpc) is 2.76. The predicted molar refractivity (Wildman–Crippen MR) is 74.9 cm³/mol. The number of rotatable bonds is 2. The summed E-state index contributed by atoms with van der Waals surface area (Å²) in [6, 6.07) is 1.96. The number of alkyl halides is 3. The summed E-state index contributed by atoms with van der Waals surface area (Å²) < 4.78 is 42.5. The van der Waals surface area contributed by atoms with Crippen LogP contribution in [0.2, 0.25) is 0 Å². The largest absolute Gasteiger partial charge is 0.490 e. The minimum Gasteiger partial charge on any atom is -0.454 e. The Bertz CT molecular complexity index is 676. The van der Waals surface area contributed by atoms with E-state index < -0.39 is 12.1 Å². The van der Waals surface area contributed by atoms with Crippen LogP contribution in [0.25, 0.3) is 10.1 Å². The highest BCUT2D eigenvalue weighted by Crippen LogP contribution is 2.37. The summed E-state index contributed by atoms with van der Waals surface area (Å²) in [6.07, 6.45) is -4.96. The number of benzene rings is 1. The monoisotopic (exact) mass is 366 g/mol. The van der Waals surface area contributed by atoms with E-state index >= 15 is 0 Å². The number of hydrogen-bond acceptors (Lipinski definition) is 3. The lowest BCUT2D eigenvalue weighted by Crippen LogP contribution is -2.25. The second-order valence-electron chi connectivity index (χ2n) is 4.34. The van der Waals surface area contributed by atoms with Gasteiger partial charge in [0.05, 0.1) is 0 Å². The van der Waals surface area contributed by atoms with Gasteiger partial charge < -0.3 is 4.74 Å². The smallest absolute Gasteiger partial charge is 0.454 e. The zero-order valence-electron chi connectivity index (χ0n) is 10.6. The number of ether oxygens (including phenoxy) is 1. The van der Waals surface area contributed by atoms with Crippen LogP contribution >= 0.6 is 27.3 Å². The van der Waals surface area contributed by atoms with E-state index in [1.807, 2.05) is 19.9 Å². The summed E-state index contributed by atoms with van der Waals surface area (Å²) in [6.45, 7) is 3.43. The maximum absolute atomic E-state index is 12.1. The molecule has 0 saturated heterocycles. The molecule has 2 rings (SSSR count). The number of aryl methyl sites for hydroxylation is 2. The zero-order chi connectivity index (χ0) is 15.1. The normalized spacial score (nSPS) is 11.9. The lowest BCUT2D eigenvalue weighted by Gasteiger charge is -2.09. The molecule has 1 heterocycles. The van der Waals surface area contributed by atoms with Gasteiger partial charge in [-0.3, -0.25) is 0 Å². The van der Waals surface area contributed by atoms with Gasteiger partial charge in [-0.1, -0.05) is 0 Å². The average molecular weight is 367 g/mol. The Balaban J connectivity index is 2.35. The molecule has 0 unspecified atom stereocenters. The molecule has 0 amide bonds. The molecule has 2 nitrogen and oxygen atoms in total. The molecule has 1 aromatic carbocycles. The van der Waals surface area contributed by atoms with Gasteiger partial charge in [-0.25, -0.2) is 4.79 Å². The zero-order valence-corrected chi connectivity index (χ0v) is 13.0. The van der Waals surface area contributed by atoms with Crippen LogP contribution in [0.4, 0.5) is 13.2 Å². The van der Waals surface area contributed by atoms with Gasteiger partial charge in [0.15, 0.2) is 0 Å². The van der Waals surface area contributed by atoms with E-state index in [1.165, 1.54) is 11.3 Å². The van der Waals surface area contributed by atoms with Gasteiger partial charge in [0.2, 0.25) is 0 Å². The molecule has 0 spiro atoms. The SMILES string of the molecule is Cc1cc(Br)c2scc(COC(=O)C(F)(F)F)c2c1C. The molecule has 108 valence electrons. The molecule has 0 aliphatic carbocycles. The number of hydrogen-bond donors (Lipinski definition) is 0. The van der Waals surface area contributed by atoms with Crippen molar-refractivity contribution >= 4 is 43.3 Å². The number of thiophene rings is 1. The molecule has 0 fully saturated rings. The van der Waals surface area contributed by atoms with E-state index in [0.29, 0.717) is 5.56 Å². The fourth-order valence-corrected chi connectivity index (χ4v) is 3.71. The van der Waals surface area contributed by atoms with E-state index in [2.05, 4.69) is 20.7 Å². The molecule has 2 aromatic rings. The van der Waals surface area contributed by atoms with Gasteiger partial charge in [0.1, 0.15) is 6.61 Å². The Morgan fingerprint density at radius 3 is 2.65 bits per heavy atom. The van der Waals surface area contributed by atoms with Gasteiger partial charge in [-0.2, -0.15) is 13.2 Å². The molecule has 0 aliphatic heterocycles. The molecule has 0 N–H and O–H groups in total. The van der Waals surface area contributed by atoms with E-state index in [-0.39, 0.29) is 6.61 Å². The summed E-state index contributed by atoms with van der Waals surface area (Å²) in [4.78, 5) is 10.8. The van der Waals surface area contributed by atoms with Gasteiger partial charge in [0, 0.05) is 20.1 Å². The van der Waals surface area contributed by atoms with Gasteiger partial charge in [-0.15, -0.1) is 11.3 Å². The number of carbonyl (C=O) groups is 1. The molecule has 0 aliphatic rings. The first-order valence-corrected chi connectivity index (χ1v) is 7.28. The van der Waals surface area contributed by atoms with Crippen molar-refractivity contribution in [2.75, 3.05) is 0 Å². The Morgan fingerprint density at radius 2 is 2.05 bits per heavy atom. The Hall–Kier alpha value is -1.08. The Kier molecular flexibility index (Phi) is 4.11. The van der Waals surface area contributed by atoms with Crippen molar-refractivity contribution in [1.29, 1.82) is 0 Å². The van der Waals surface area contributed by atoms with E-state index in [1.54, 1.807) is 5.38 Å². The third-order valence-electron chi connectivity index (χ3n) is 2.98. The van der Waals surface area contributed by atoms with Crippen molar-refractivity contribution in [3.05, 3.63) is 32.6 Å². The van der Waals surface area contributed by atoms with Crippen LogP contribution in [0.3, 0.4) is 0 Å². The van der Waals surface area contributed by atoms with Gasteiger partial charge in [-0.05, 0) is 52.4 Å². The summed E-state index contributed by atoms with van der Waals surface area (Å²) in [5.74, 6) is -2.17. The Labute approximate surface area is 125 Å². The molecule has 1 aromatic heterocycles. The first kappa shape index (κ1) is 15.3. The first-order chi connectivity index (χ1) is 9.21. The summed E-state index contributed by atoms with van der Waals surface area (Å²) in [7, 11) is 0. The highest BCUT2D eigenvalue weighted by molar-refractivity contribution is 9.10. The van der Waals surface area contributed by atoms with Gasteiger partial charge in [0.25, 0.3) is 0 Å². The van der Waals surface area contributed by atoms with Gasteiger partial charge >= 0.3 is 12.1 Å². The van der Waals surface area contributed by atoms with Crippen molar-refractivity contribution in [3.8, 4) is 0 Å².